The molecule has 3 aliphatic rings. The fraction of sp³-hybridized carbons (Fsp3) is 0.480. The Bertz CT molecular complexity index is 2530. The summed E-state index contributed by atoms with van der Waals surface area (Å²) in [5.41, 5.74) is 4.10. The minimum Gasteiger partial charge on any atom is -0.494 e. The molecule has 0 saturated carbocycles. The molecule has 5 aromatic rings. The smallest absolute Gasteiger partial charge is 0.306 e. The van der Waals surface area contributed by atoms with Gasteiger partial charge in [-0.3, -0.25) is 38.9 Å². The van der Waals surface area contributed by atoms with Crippen LogP contribution in [0.15, 0.2) is 73.2 Å². The standard InChI is InChI=1S/C50H61N9O8/c1-34(49(64)65)13-8-7-11-29-66-39-19-16-35(17-20-39)41-21-18-38-32-51-50(55-59(38)41)53-36-31-52-57(33-36)37-24-27-56(28-25-37)26-9-5-3-2-4-6-10-30-67-43-15-12-14-40-45(43)48(63)58(47(40)62)42-22-23-44(60)54-46(42)61/h12,14-21,31-34,37,42H,2-11,13,22-30H2,1H3,(H,53,55)(H,64,65)(H,54,60,61). The summed E-state index contributed by atoms with van der Waals surface area (Å²) in [6.45, 7) is 5.97. The number of carbonyl (C=O) groups excluding carboxylic acids is 4. The second-order valence-electron chi connectivity index (χ2n) is 18.0. The number of hydrogen-bond donors (Lipinski definition) is 3. The number of hydrogen-bond acceptors (Lipinski definition) is 12. The molecule has 0 bridgehead atoms. The van der Waals surface area contributed by atoms with Crippen molar-refractivity contribution >= 4 is 46.8 Å². The molecular weight excluding hydrogens is 855 g/mol. The van der Waals surface area contributed by atoms with Gasteiger partial charge >= 0.3 is 5.97 Å². The lowest BCUT2D eigenvalue weighted by Gasteiger charge is -2.32. The van der Waals surface area contributed by atoms with Gasteiger partial charge in [-0.25, -0.2) is 9.50 Å². The molecule has 4 amide bonds. The number of ether oxygens (including phenoxy) is 2. The zero-order valence-corrected chi connectivity index (χ0v) is 38.2. The van der Waals surface area contributed by atoms with Crippen LogP contribution < -0.4 is 20.1 Å². The number of anilines is 2. The number of rotatable bonds is 24. The molecular formula is C50H61N9O8. The monoisotopic (exact) mass is 915 g/mol. The van der Waals surface area contributed by atoms with Crippen LogP contribution in [0.3, 0.4) is 0 Å². The number of carboxylic acid groups (broad SMARTS) is 1. The van der Waals surface area contributed by atoms with Gasteiger partial charge in [-0.15, -0.1) is 5.10 Å². The van der Waals surface area contributed by atoms with Crippen molar-refractivity contribution in [1.82, 2.24) is 39.5 Å². The van der Waals surface area contributed by atoms with Crippen molar-refractivity contribution in [2.75, 3.05) is 38.2 Å². The molecule has 3 N–H and O–H groups in total. The van der Waals surface area contributed by atoms with Crippen LogP contribution in [0.2, 0.25) is 0 Å². The number of piperidine rings is 2. The summed E-state index contributed by atoms with van der Waals surface area (Å²) in [5, 5.41) is 24.1. The van der Waals surface area contributed by atoms with E-state index in [0.29, 0.717) is 37.4 Å². The Morgan fingerprint density at radius 3 is 2.33 bits per heavy atom. The third-order valence-corrected chi connectivity index (χ3v) is 13.1. The molecule has 0 spiro atoms. The van der Waals surface area contributed by atoms with Crippen molar-refractivity contribution in [2.45, 2.75) is 115 Å². The molecule has 17 heteroatoms. The summed E-state index contributed by atoms with van der Waals surface area (Å²) in [5.74, 6) is -1.52. The Kier molecular flexibility index (Phi) is 15.6. The van der Waals surface area contributed by atoms with E-state index in [4.69, 9.17) is 24.8 Å². The number of unbranched alkanes of at least 4 members (excludes halogenated alkanes) is 8. The largest absolute Gasteiger partial charge is 0.494 e. The van der Waals surface area contributed by atoms with E-state index in [1.165, 1.54) is 19.3 Å². The van der Waals surface area contributed by atoms with Gasteiger partial charge in [0.1, 0.15) is 17.5 Å². The maximum Gasteiger partial charge on any atom is 0.306 e. The fourth-order valence-corrected chi connectivity index (χ4v) is 9.19. The lowest BCUT2D eigenvalue weighted by molar-refractivity contribution is -0.141. The highest BCUT2D eigenvalue weighted by atomic mass is 16.5. The van der Waals surface area contributed by atoms with Gasteiger partial charge in [-0.05, 0) is 100 Å². The molecule has 3 aliphatic heterocycles. The zero-order valence-electron chi connectivity index (χ0n) is 38.2. The second kappa shape index (κ2) is 22.2. The summed E-state index contributed by atoms with van der Waals surface area (Å²) >= 11 is 0. The van der Waals surface area contributed by atoms with E-state index < -0.39 is 35.6 Å². The minimum atomic E-state index is -1.00. The Morgan fingerprint density at radius 2 is 1.57 bits per heavy atom. The molecule has 67 heavy (non-hydrogen) atoms. The van der Waals surface area contributed by atoms with Crippen molar-refractivity contribution < 1.29 is 38.6 Å². The first kappa shape index (κ1) is 46.9. The quantitative estimate of drug-likeness (QED) is 0.0399. The van der Waals surface area contributed by atoms with E-state index >= 15 is 0 Å². The van der Waals surface area contributed by atoms with E-state index in [1.54, 1.807) is 25.1 Å². The average molecular weight is 916 g/mol. The third kappa shape index (κ3) is 11.7. The van der Waals surface area contributed by atoms with Crippen LogP contribution in [-0.2, 0) is 14.4 Å². The molecule has 2 fully saturated rings. The summed E-state index contributed by atoms with van der Waals surface area (Å²) in [6, 6.07) is 16.3. The lowest BCUT2D eigenvalue weighted by Crippen LogP contribution is -2.54. The molecule has 2 aromatic carbocycles. The first-order valence-electron chi connectivity index (χ1n) is 23.9. The second-order valence-corrected chi connectivity index (χ2v) is 18.0. The zero-order chi connectivity index (χ0) is 46.7. The van der Waals surface area contributed by atoms with Gasteiger partial charge < -0.3 is 24.8 Å². The summed E-state index contributed by atoms with van der Waals surface area (Å²) in [6.07, 6.45) is 19.0. The fourth-order valence-electron chi connectivity index (χ4n) is 9.19. The molecule has 8 rings (SSSR count). The molecule has 2 atom stereocenters. The van der Waals surface area contributed by atoms with E-state index in [-0.39, 0.29) is 29.9 Å². The highest BCUT2D eigenvalue weighted by Crippen LogP contribution is 2.34. The third-order valence-electron chi connectivity index (χ3n) is 13.1. The van der Waals surface area contributed by atoms with Gasteiger partial charge in [-0.2, -0.15) is 5.10 Å². The van der Waals surface area contributed by atoms with Crippen molar-refractivity contribution in [3.63, 3.8) is 0 Å². The van der Waals surface area contributed by atoms with Gasteiger partial charge in [0.2, 0.25) is 17.8 Å². The number of nitrogens with zero attached hydrogens (tertiary/aromatic N) is 7. The minimum absolute atomic E-state index is 0.0784. The lowest BCUT2D eigenvalue weighted by atomic mass is 10.0. The maximum absolute atomic E-state index is 13.3. The number of nitrogens with one attached hydrogen (secondary N) is 2. The predicted octanol–water partition coefficient (Wildman–Crippen LogP) is 7.84. The highest BCUT2D eigenvalue weighted by Gasteiger charge is 2.46. The maximum atomic E-state index is 13.3. The van der Waals surface area contributed by atoms with Crippen LogP contribution in [-0.4, -0.2) is 108 Å². The van der Waals surface area contributed by atoms with E-state index in [9.17, 15) is 24.0 Å². The van der Waals surface area contributed by atoms with Crippen molar-refractivity contribution in [3.05, 3.63) is 84.3 Å². The Morgan fingerprint density at radius 1 is 0.836 bits per heavy atom. The SMILES string of the molecule is CC(CCCCCOc1ccc(-c2ccc3cnc(Nc4cnn(C5CCN(CCCCCCCCCOc6cccc7c6C(=O)N(C6CCC(=O)NC6=O)C7=O)CC5)c4)nn23)cc1)C(=O)O. The number of aliphatic carboxylic acids is 1. The molecule has 0 aliphatic carbocycles. The number of likely N-dealkylation sites (tertiary alicyclic amines) is 1. The van der Waals surface area contributed by atoms with Crippen molar-refractivity contribution in [1.29, 1.82) is 0 Å². The normalized spacial score (nSPS) is 17.2. The number of carboxylic acids is 1. The topological polar surface area (TPSA) is 203 Å². The Balaban J connectivity index is 0.692. The molecule has 17 nitrogen and oxygen atoms in total. The van der Waals surface area contributed by atoms with Crippen LogP contribution in [0.5, 0.6) is 11.5 Å². The summed E-state index contributed by atoms with van der Waals surface area (Å²) in [7, 11) is 0. The molecule has 3 aromatic heterocycles. The van der Waals surface area contributed by atoms with Crippen LogP contribution in [0.1, 0.15) is 130 Å². The average Bonchev–Trinajstić information content (AvgIpc) is 4.04. The number of amides is 4. The Labute approximate surface area is 390 Å². The number of carbonyl (C=O) groups is 5. The number of benzene rings is 2. The molecule has 2 unspecified atom stereocenters. The summed E-state index contributed by atoms with van der Waals surface area (Å²) in [4.78, 5) is 69.5. The van der Waals surface area contributed by atoms with Gasteiger partial charge in [0.25, 0.3) is 11.8 Å². The predicted molar refractivity (Wildman–Crippen MR) is 250 cm³/mol. The van der Waals surface area contributed by atoms with Crippen molar-refractivity contribution in [2.24, 2.45) is 5.92 Å². The molecule has 6 heterocycles. The van der Waals surface area contributed by atoms with Gasteiger partial charge in [-0.1, -0.05) is 57.9 Å². The highest BCUT2D eigenvalue weighted by molar-refractivity contribution is 6.24. The first-order chi connectivity index (χ1) is 32.6. The Hall–Kier alpha value is -6.62. The van der Waals surface area contributed by atoms with Crippen LogP contribution in [0.25, 0.3) is 16.8 Å². The first-order valence-corrected chi connectivity index (χ1v) is 23.9. The van der Waals surface area contributed by atoms with Crippen LogP contribution in [0, 0.1) is 5.92 Å². The van der Waals surface area contributed by atoms with E-state index in [1.807, 2.05) is 59.5 Å². The number of imide groups is 2. The molecule has 0 radical (unpaired) electrons. The van der Waals surface area contributed by atoms with Crippen molar-refractivity contribution in [3.8, 4) is 22.8 Å². The summed E-state index contributed by atoms with van der Waals surface area (Å²) < 4.78 is 15.9. The van der Waals surface area contributed by atoms with Crippen LogP contribution >= 0.6 is 0 Å². The van der Waals surface area contributed by atoms with Gasteiger partial charge in [0, 0.05) is 31.3 Å². The van der Waals surface area contributed by atoms with Crippen LogP contribution in [0.4, 0.5) is 11.6 Å². The van der Waals surface area contributed by atoms with E-state index in [2.05, 4.69) is 25.2 Å². The number of aromatic nitrogens is 5. The van der Waals surface area contributed by atoms with Gasteiger partial charge in [0.15, 0.2) is 0 Å². The molecule has 2 saturated heterocycles. The molecule has 354 valence electrons. The number of fused-ring (bicyclic) bond motifs is 2. The van der Waals surface area contributed by atoms with Gasteiger partial charge in [0.05, 0.1) is 65.6 Å². The van der Waals surface area contributed by atoms with E-state index in [0.717, 1.165) is 111 Å².